The van der Waals surface area contributed by atoms with E-state index >= 15 is 0 Å². The minimum absolute atomic E-state index is 0.891. The highest BCUT2D eigenvalue weighted by Crippen LogP contribution is 2.43. The Labute approximate surface area is 234 Å². The third-order valence-corrected chi connectivity index (χ3v) is 7.84. The first-order valence-electron chi connectivity index (χ1n) is 13.6. The van der Waals surface area contributed by atoms with E-state index in [1.807, 2.05) is 12.2 Å². The van der Waals surface area contributed by atoms with Crippen LogP contribution in [0.4, 0.5) is 0 Å². The van der Waals surface area contributed by atoms with E-state index in [-0.39, 0.29) is 0 Å². The van der Waals surface area contributed by atoms with Gasteiger partial charge in [0.1, 0.15) is 19.0 Å². The lowest BCUT2D eigenvalue weighted by molar-refractivity contribution is 0.670. The van der Waals surface area contributed by atoms with Crippen LogP contribution in [-0.2, 0) is 0 Å². The Kier molecular flexibility index (Phi) is 5.75. The predicted molar refractivity (Wildman–Crippen MR) is 176 cm³/mol. The highest BCUT2D eigenvalue weighted by atomic mass is 16.3. The third-order valence-electron chi connectivity index (χ3n) is 7.84. The van der Waals surface area contributed by atoms with Crippen molar-refractivity contribution in [3.8, 4) is 22.3 Å². The van der Waals surface area contributed by atoms with E-state index in [0.717, 1.165) is 49.8 Å². The molecule has 6 aromatic carbocycles. The molecule has 1 aromatic heterocycles. The molecule has 0 atom stereocenters. The van der Waals surface area contributed by atoms with Crippen molar-refractivity contribution in [3.05, 3.63) is 146 Å². The van der Waals surface area contributed by atoms with Gasteiger partial charge in [0.15, 0.2) is 0 Å². The van der Waals surface area contributed by atoms with Gasteiger partial charge in [0.2, 0.25) is 0 Å². The molecule has 0 aliphatic carbocycles. The summed E-state index contributed by atoms with van der Waals surface area (Å²) in [5, 5.41) is 7.01. The maximum Gasteiger partial charge on any atom is 0.143 e. The van der Waals surface area contributed by atoms with Gasteiger partial charge in [0.05, 0.1) is 0 Å². The minimum atomic E-state index is 0.891. The normalized spacial score (nSPS) is 11.7. The van der Waals surface area contributed by atoms with Gasteiger partial charge in [0.25, 0.3) is 0 Å². The number of benzene rings is 6. The summed E-state index contributed by atoms with van der Waals surface area (Å²) in [6.45, 7) is 8.25. The average molecular weight is 510 g/mol. The molecule has 0 fully saturated rings. The summed E-state index contributed by atoms with van der Waals surface area (Å²) in [7, 11) is 2.11. The van der Waals surface area contributed by atoms with Crippen molar-refractivity contribution in [2.45, 2.75) is 0 Å². The average Bonchev–Trinajstić information content (AvgIpc) is 3.37. The van der Waals surface area contributed by atoms with Gasteiger partial charge in [-0.15, -0.1) is 0 Å². The van der Waals surface area contributed by atoms with Gasteiger partial charge in [-0.1, -0.05) is 134 Å². The minimum Gasteiger partial charge on any atom is -0.455 e. The molecule has 2 heteroatoms. The smallest absolute Gasteiger partial charge is 0.143 e. The number of para-hydroxylation sites is 1. The molecule has 40 heavy (non-hydrogen) atoms. The highest BCUT2D eigenvalue weighted by Gasteiger charge is 2.18. The summed E-state index contributed by atoms with van der Waals surface area (Å²) in [5.41, 5.74) is 9.80. The second-order valence-corrected chi connectivity index (χ2v) is 10.3. The molecule has 0 radical (unpaired) electrons. The van der Waals surface area contributed by atoms with Crippen LogP contribution in [0.15, 0.2) is 145 Å². The molecule has 7 rings (SSSR count). The second-order valence-electron chi connectivity index (χ2n) is 10.3. The number of fused-ring (bicyclic) bond motifs is 5. The highest BCUT2D eigenvalue weighted by molar-refractivity contribution is 6.32. The van der Waals surface area contributed by atoms with E-state index in [1.54, 1.807) is 6.08 Å². The van der Waals surface area contributed by atoms with Crippen LogP contribution in [-0.4, -0.2) is 7.85 Å². The van der Waals surface area contributed by atoms with Crippen LogP contribution >= 0.6 is 0 Å². The van der Waals surface area contributed by atoms with E-state index in [2.05, 4.69) is 130 Å². The van der Waals surface area contributed by atoms with E-state index in [4.69, 9.17) is 4.42 Å². The zero-order chi connectivity index (χ0) is 27.2. The van der Waals surface area contributed by atoms with Gasteiger partial charge >= 0.3 is 0 Å². The van der Waals surface area contributed by atoms with Gasteiger partial charge in [-0.3, -0.25) is 0 Å². The standard InChI is InChI=1S/C38H27BO/c1-3-4-10-24(2)36-30-11-5-7-13-32(30)37(33-14-8-6-12-31(33)36)26-19-22-29-34-16-9-15-28(38(34)40-35(29)23-26)25-17-20-27(39)21-18-25/h3-23H,1-2,39H2/b10-4-. The Morgan fingerprint density at radius 3 is 1.95 bits per heavy atom. The Hall–Kier alpha value is -5.08. The number of allylic oxidation sites excluding steroid dienone is 4. The fourth-order valence-corrected chi connectivity index (χ4v) is 5.97. The zero-order valence-corrected chi connectivity index (χ0v) is 22.4. The molecule has 0 N–H and O–H groups in total. The van der Waals surface area contributed by atoms with E-state index in [0.29, 0.717) is 0 Å². The number of furan rings is 1. The summed E-state index contributed by atoms with van der Waals surface area (Å²) < 4.78 is 6.63. The van der Waals surface area contributed by atoms with Crippen LogP contribution in [0.25, 0.3) is 71.3 Å². The first-order valence-corrected chi connectivity index (χ1v) is 13.6. The lowest BCUT2D eigenvalue weighted by Gasteiger charge is -2.17. The summed E-state index contributed by atoms with van der Waals surface area (Å²) in [4.78, 5) is 0. The molecule has 1 heterocycles. The van der Waals surface area contributed by atoms with E-state index in [1.165, 1.54) is 32.6 Å². The lowest BCUT2D eigenvalue weighted by atomic mass is 9.86. The van der Waals surface area contributed by atoms with Crippen molar-refractivity contribution in [2.75, 3.05) is 0 Å². The molecular weight excluding hydrogens is 483 g/mol. The largest absolute Gasteiger partial charge is 0.455 e. The van der Waals surface area contributed by atoms with Crippen LogP contribution < -0.4 is 5.46 Å². The Morgan fingerprint density at radius 1 is 0.650 bits per heavy atom. The molecule has 0 saturated heterocycles. The van der Waals surface area contributed by atoms with Crippen molar-refractivity contribution in [1.82, 2.24) is 0 Å². The molecule has 0 aliphatic heterocycles. The zero-order valence-electron chi connectivity index (χ0n) is 22.4. The fraction of sp³-hybridized carbons (Fsp3) is 0. The van der Waals surface area contributed by atoms with E-state index in [9.17, 15) is 0 Å². The van der Waals surface area contributed by atoms with Gasteiger partial charge in [-0.25, -0.2) is 0 Å². The molecule has 0 unspecified atom stereocenters. The van der Waals surface area contributed by atoms with Crippen molar-refractivity contribution in [1.29, 1.82) is 0 Å². The quantitative estimate of drug-likeness (QED) is 0.128. The maximum atomic E-state index is 6.63. The monoisotopic (exact) mass is 510 g/mol. The van der Waals surface area contributed by atoms with Crippen molar-refractivity contribution in [2.24, 2.45) is 0 Å². The molecule has 0 bridgehead atoms. The van der Waals surface area contributed by atoms with Crippen LogP contribution in [0.3, 0.4) is 0 Å². The SMILES string of the molecule is Bc1ccc(-c2cccc3c2oc2cc(-c4c5ccccc5c(C(=C)/C=C\C=C)c5ccccc45)ccc23)cc1. The van der Waals surface area contributed by atoms with Crippen LogP contribution in [0, 0.1) is 0 Å². The fourth-order valence-electron chi connectivity index (χ4n) is 5.97. The molecule has 0 saturated carbocycles. The van der Waals surface area contributed by atoms with Crippen molar-refractivity contribution < 1.29 is 4.42 Å². The first-order chi connectivity index (χ1) is 19.6. The third kappa shape index (κ3) is 3.80. The molecule has 188 valence electrons. The Morgan fingerprint density at radius 2 is 1.27 bits per heavy atom. The topological polar surface area (TPSA) is 13.1 Å². The molecular formula is C38H27BO. The molecule has 1 nitrogen and oxygen atoms in total. The maximum absolute atomic E-state index is 6.63. The summed E-state index contributed by atoms with van der Waals surface area (Å²) in [6.07, 6.45) is 5.77. The Bertz CT molecular complexity index is 2080. The molecule has 0 spiro atoms. The molecule has 0 aliphatic rings. The predicted octanol–water partition coefficient (Wildman–Crippen LogP) is 9.24. The van der Waals surface area contributed by atoms with Crippen LogP contribution in [0.1, 0.15) is 5.56 Å². The van der Waals surface area contributed by atoms with Gasteiger partial charge < -0.3 is 4.42 Å². The van der Waals surface area contributed by atoms with Crippen molar-refractivity contribution >= 4 is 62.4 Å². The van der Waals surface area contributed by atoms with E-state index < -0.39 is 0 Å². The number of rotatable bonds is 5. The molecule has 7 aromatic rings. The number of hydrogen-bond acceptors (Lipinski definition) is 1. The Balaban J connectivity index is 1.50. The van der Waals surface area contributed by atoms with Crippen LogP contribution in [0.2, 0.25) is 0 Å². The summed E-state index contributed by atoms with van der Waals surface area (Å²) in [6, 6.07) is 38.9. The summed E-state index contributed by atoms with van der Waals surface area (Å²) >= 11 is 0. The van der Waals surface area contributed by atoms with Gasteiger partial charge in [-0.05, 0) is 61.5 Å². The van der Waals surface area contributed by atoms with Crippen LogP contribution in [0.5, 0.6) is 0 Å². The van der Waals surface area contributed by atoms with Crippen molar-refractivity contribution in [3.63, 3.8) is 0 Å². The van der Waals surface area contributed by atoms with Gasteiger partial charge in [0, 0.05) is 16.3 Å². The first kappa shape index (κ1) is 24.0. The number of hydrogen-bond donors (Lipinski definition) is 0. The summed E-state index contributed by atoms with van der Waals surface area (Å²) in [5.74, 6) is 0. The van der Waals surface area contributed by atoms with Gasteiger partial charge in [-0.2, -0.15) is 0 Å². The molecule has 0 amide bonds. The lowest BCUT2D eigenvalue weighted by Crippen LogP contribution is -1.99. The second kappa shape index (κ2) is 9.59.